The van der Waals surface area contributed by atoms with Crippen molar-refractivity contribution < 1.29 is 22.6 Å². The maximum atomic E-state index is 11.7. The molecular weight excluding hydrogens is 249 g/mol. The third-order valence-corrected chi connectivity index (χ3v) is 1.95. The lowest BCUT2D eigenvalue weighted by Gasteiger charge is -2.09. The molecule has 1 aromatic heterocycles. The first-order chi connectivity index (χ1) is 8.37. The van der Waals surface area contributed by atoms with Crippen molar-refractivity contribution in [2.45, 2.75) is 25.7 Å². The standard InChI is InChI=1S/C11H15F3N2O2/c1-8(15)6-9-2-3-10(7-16-9)17-4-5-18-11(12,13)14/h2-3,7-8H,4-6,15H2,1H3. The smallest absolute Gasteiger partial charge is 0.490 e. The van der Waals surface area contributed by atoms with E-state index in [0.717, 1.165) is 5.69 Å². The van der Waals surface area contributed by atoms with Crippen LogP contribution >= 0.6 is 0 Å². The van der Waals surface area contributed by atoms with Crippen LogP contribution in [0, 0.1) is 0 Å². The fraction of sp³-hybridized carbons (Fsp3) is 0.545. The van der Waals surface area contributed by atoms with E-state index in [1.54, 1.807) is 12.1 Å². The fourth-order valence-electron chi connectivity index (χ4n) is 1.26. The van der Waals surface area contributed by atoms with Crippen LogP contribution in [0.1, 0.15) is 12.6 Å². The molecule has 1 heterocycles. The minimum Gasteiger partial charge on any atom is -0.490 e. The summed E-state index contributed by atoms with van der Waals surface area (Å²) >= 11 is 0. The van der Waals surface area contributed by atoms with Crippen LogP contribution in [0.15, 0.2) is 18.3 Å². The average molecular weight is 264 g/mol. The number of alkyl halides is 3. The van der Waals surface area contributed by atoms with Crippen LogP contribution in [0.4, 0.5) is 13.2 Å². The Morgan fingerprint density at radius 2 is 2.06 bits per heavy atom. The van der Waals surface area contributed by atoms with E-state index >= 15 is 0 Å². The summed E-state index contributed by atoms with van der Waals surface area (Å²) in [7, 11) is 0. The second-order valence-corrected chi connectivity index (χ2v) is 3.81. The van der Waals surface area contributed by atoms with Crippen LogP contribution < -0.4 is 10.5 Å². The summed E-state index contributed by atoms with van der Waals surface area (Å²) in [4.78, 5) is 4.08. The van der Waals surface area contributed by atoms with E-state index in [4.69, 9.17) is 10.5 Å². The van der Waals surface area contributed by atoms with Gasteiger partial charge in [0.25, 0.3) is 0 Å². The Morgan fingerprint density at radius 3 is 2.56 bits per heavy atom. The molecule has 0 fully saturated rings. The van der Waals surface area contributed by atoms with Gasteiger partial charge < -0.3 is 10.5 Å². The minimum absolute atomic E-state index is 0.00412. The van der Waals surface area contributed by atoms with Gasteiger partial charge in [-0.25, -0.2) is 0 Å². The van der Waals surface area contributed by atoms with Crippen molar-refractivity contribution in [1.29, 1.82) is 0 Å². The monoisotopic (exact) mass is 264 g/mol. The molecule has 7 heteroatoms. The lowest BCUT2D eigenvalue weighted by molar-refractivity contribution is -0.325. The SMILES string of the molecule is CC(N)Cc1ccc(OCCOC(F)(F)F)cn1. The van der Waals surface area contributed by atoms with Gasteiger partial charge in [-0.3, -0.25) is 9.72 Å². The highest BCUT2D eigenvalue weighted by Crippen LogP contribution is 2.16. The second-order valence-electron chi connectivity index (χ2n) is 3.81. The molecule has 102 valence electrons. The Balaban J connectivity index is 2.31. The topological polar surface area (TPSA) is 57.4 Å². The van der Waals surface area contributed by atoms with Gasteiger partial charge in [0.05, 0.1) is 12.8 Å². The number of halogens is 3. The third-order valence-electron chi connectivity index (χ3n) is 1.95. The van der Waals surface area contributed by atoms with E-state index in [0.29, 0.717) is 12.2 Å². The summed E-state index contributed by atoms with van der Waals surface area (Å²) in [5.41, 5.74) is 6.42. The molecule has 0 spiro atoms. The Kier molecular flexibility index (Phi) is 5.36. The van der Waals surface area contributed by atoms with Crippen LogP contribution in [-0.4, -0.2) is 30.6 Å². The fourth-order valence-corrected chi connectivity index (χ4v) is 1.26. The molecule has 0 bridgehead atoms. The van der Waals surface area contributed by atoms with Gasteiger partial charge in [0, 0.05) is 18.2 Å². The number of nitrogens with two attached hydrogens (primary N) is 1. The van der Waals surface area contributed by atoms with Crippen LogP contribution in [0.5, 0.6) is 5.75 Å². The minimum atomic E-state index is -4.62. The van der Waals surface area contributed by atoms with Gasteiger partial charge in [-0.2, -0.15) is 0 Å². The van der Waals surface area contributed by atoms with E-state index < -0.39 is 13.0 Å². The molecule has 0 saturated carbocycles. The van der Waals surface area contributed by atoms with Crippen molar-refractivity contribution in [2.24, 2.45) is 5.73 Å². The van der Waals surface area contributed by atoms with Gasteiger partial charge in [-0.05, 0) is 19.1 Å². The molecule has 1 rings (SSSR count). The molecule has 1 atom stereocenters. The largest absolute Gasteiger partial charge is 0.522 e. The summed E-state index contributed by atoms with van der Waals surface area (Å²) in [6.45, 7) is 1.12. The number of ether oxygens (including phenoxy) is 2. The molecule has 0 aromatic carbocycles. The maximum absolute atomic E-state index is 11.7. The van der Waals surface area contributed by atoms with Crippen LogP contribution in [-0.2, 0) is 11.2 Å². The predicted octanol–water partition coefficient (Wildman–Crippen LogP) is 1.89. The first kappa shape index (κ1) is 14.7. The zero-order valence-electron chi connectivity index (χ0n) is 9.91. The number of hydrogen-bond donors (Lipinski definition) is 1. The van der Waals surface area contributed by atoms with E-state index in [9.17, 15) is 13.2 Å². The molecule has 0 aliphatic heterocycles. The Hall–Kier alpha value is -1.34. The van der Waals surface area contributed by atoms with Crippen molar-refractivity contribution >= 4 is 0 Å². The zero-order chi connectivity index (χ0) is 13.6. The molecule has 0 saturated heterocycles. The molecular formula is C11H15F3N2O2. The van der Waals surface area contributed by atoms with Crippen LogP contribution in [0.3, 0.4) is 0 Å². The average Bonchev–Trinajstić information content (AvgIpc) is 2.24. The van der Waals surface area contributed by atoms with Crippen LogP contribution in [0.2, 0.25) is 0 Å². The lowest BCUT2D eigenvalue weighted by Crippen LogP contribution is -2.19. The van der Waals surface area contributed by atoms with Crippen molar-refractivity contribution in [2.75, 3.05) is 13.2 Å². The quantitative estimate of drug-likeness (QED) is 0.797. The van der Waals surface area contributed by atoms with Gasteiger partial charge >= 0.3 is 6.36 Å². The van der Waals surface area contributed by atoms with Crippen molar-refractivity contribution in [1.82, 2.24) is 4.98 Å². The molecule has 2 N–H and O–H groups in total. The van der Waals surface area contributed by atoms with Crippen molar-refractivity contribution in [3.05, 3.63) is 24.0 Å². The van der Waals surface area contributed by atoms with E-state index in [2.05, 4.69) is 9.72 Å². The van der Waals surface area contributed by atoms with Gasteiger partial charge in [-0.15, -0.1) is 13.2 Å². The van der Waals surface area contributed by atoms with Gasteiger partial charge in [0.2, 0.25) is 0 Å². The number of rotatable bonds is 6. The molecule has 0 aliphatic carbocycles. The number of hydrogen-bond acceptors (Lipinski definition) is 4. The molecule has 1 aromatic rings. The van der Waals surface area contributed by atoms with Crippen LogP contribution in [0.25, 0.3) is 0 Å². The molecule has 1 unspecified atom stereocenters. The highest BCUT2D eigenvalue weighted by molar-refractivity contribution is 5.20. The highest BCUT2D eigenvalue weighted by Gasteiger charge is 2.28. The summed E-state index contributed by atoms with van der Waals surface area (Å²) in [5.74, 6) is 0.397. The van der Waals surface area contributed by atoms with Gasteiger partial charge in [0.15, 0.2) is 0 Å². The van der Waals surface area contributed by atoms with Crippen molar-refractivity contribution in [3.8, 4) is 5.75 Å². The first-order valence-electron chi connectivity index (χ1n) is 5.41. The van der Waals surface area contributed by atoms with E-state index in [1.165, 1.54) is 6.20 Å². The maximum Gasteiger partial charge on any atom is 0.522 e. The normalized spacial score (nSPS) is 13.4. The molecule has 0 radical (unpaired) electrons. The summed E-state index contributed by atoms with van der Waals surface area (Å²) < 4.78 is 43.6. The Morgan fingerprint density at radius 1 is 1.33 bits per heavy atom. The van der Waals surface area contributed by atoms with Crippen molar-refractivity contribution in [3.63, 3.8) is 0 Å². The van der Waals surface area contributed by atoms with E-state index in [-0.39, 0.29) is 12.6 Å². The molecule has 18 heavy (non-hydrogen) atoms. The summed E-state index contributed by atoms with van der Waals surface area (Å²) in [6, 6.07) is 3.37. The number of pyridine rings is 1. The summed E-state index contributed by atoms with van der Waals surface area (Å²) in [6.07, 6.45) is -2.54. The molecule has 4 nitrogen and oxygen atoms in total. The lowest BCUT2D eigenvalue weighted by atomic mass is 10.2. The Labute approximate surface area is 103 Å². The number of aromatic nitrogens is 1. The third kappa shape index (κ3) is 6.41. The predicted molar refractivity (Wildman–Crippen MR) is 59.1 cm³/mol. The van der Waals surface area contributed by atoms with Gasteiger partial charge in [-0.1, -0.05) is 0 Å². The molecule has 0 amide bonds. The van der Waals surface area contributed by atoms with Gasteiger partial charge in [0.1, 0.15) is 12.4 Å². The number of nitrogens with zero attached hydrogens (tertiary/aromatic N) is 1. The zero-order valence-corrected chi connectivity index (χ0v) is 9.91. The molecule has 0 aliphatic rings. The highest BCUT2D eigenvalue weighted by atomic mass is 19.4. The Bertz CT molecular complexity index is 352. The first-order valence-corrected chi connectivity index (χ1v) is 5.41. The summed E-state index contributed by atoms with van der Waals surface area (Å²) in [5, 5.41) is 0. The second kappa shape index (κ2) is 6.55. The van der Waals surface area contributed by atoms with E-state index in [1.807, 2.05) is 6.92 Å².